The summed E-state index contributed by atoms with van der Waals surface area (Å²) >= 11 is 0. The predicted molar refractivity (Wildman–Crippen MR) is 87.9 cm³/mol. The standard InChI is InChI=1S/C15H21N3O5S/c1-3-14(15(19)17-10-4-5-11-17)16(2)24(22,23)13-8-6-12(7-9-13)18(20)21/h6-9,14H,3-5,10-11H2,1-2H3. The van der Waals surface area contributed by atoms with Crippen molar-refractivity contribution in [3.63, 3.8) is 0 Å². The Labute approximate surface area is 141 Å². The van der Waals surface area contributed by atoms with Crippen molar-refractivity contribution in [2.75, 3.05) is 20.1 Å². The Morgan fingerprint density at radius 3 is 2.29 bits per heavy atom. The van der Waals surface area contributed by atoms with Crippen LogP contribution in [0.5, 0.6) is 0 Å². The molecule has 1 aromatic rings. The van der Waals surface area contributed by atoms with E-state index in [-0.39, 0.29) is 16.5 Å². The smallest absolute Gasteiger partial charge is 0.269 e. The Balaban J connectivity index is 2.25. The van der Waals surface area contributed by atoms with Gasteiger partial charge in [-0.05, 0) is 31.4 Å². The fraction of sp³-hybridized carbons (Fsp3) is 0.533. The first-order valence-corrected chi connectivity index (χ1v) is 9.24. The van der Waals surface area contributed by atoms with Gasteiger partial charge in [-0.2, -0.15) is 4.31 Å². The van der Waals surface area contributed by atoms with Gasteiger partial charge in [0, 0.05) is 32.3 Å². The van der Waals surface area contributed by atoms with E-state index in [1.165, 1.54) is 19.2 Å². The lowest BCUT2D eigenvalue weighted by atomic mass is 10.2. The summed E-state index contributed by atoms with van der Waals surface area (Å²) in [5.41, 5.74) is -0.184. The highest BCUT2D eigenvalue weighted by Gasteiger charge is 2.35. The number of non-ortho nitro benzene ring substituents is 1. The molecule has 0 aromatic heterocycles. The number of nitro groups is 1. The van der Waals surface area contributed by atoms with Gasteiger partial charge in [0.2, 0.25) is 15.9 Å². The van der Waals surface area contributed by atoms with Gasteiger partial charge in [-0.25, -0.2) is 8.42 Å². The molecule has 132 valence electrons. The second kappa shape index (κ2) is 7.27. The molecule has 1 heterocycles. The maximum Gasteiger partial charge on any atom is 0.269 e. The summed E-state index contributed by atoms with van der Waals surface area (Å²) in [5, 5.41) is 10.7. The van der Waals surface area contributed by atoms with E-state index >= 15 is 0 Å². The van der Waals surface area contributed by atoms with Crippen molar-refractivity contribution in [1.82, 2.24) is 9.21 Å². The number of nitro benzene ring substituents is 1. The minimum absolute atomic E-state index is 0.0664. The van der Waals surface area contributed by atoms with Crippen LogP contribution in [0.3, 0.4) is 0 Å². The van der Waals surface area contributed by atoms with Gasteiger partial charge in [0.1, 0.15) is 6.04 Å². The topological polar surface area (TPSA) is 101 Å². The maximum absolute atomic E-state index is 12.7. The van der Waals surface area contributed by atoms with E-state index < -0.39 is 21.0 Å². The number of amides is 1. The SMILES string of the molecule is CCC(C(=O)N1CCCC1)N(C)S(=O)(=O)c1ccc([N+](=O)[O-])cc1. The van der Waals surface area contributed by atoms with Crippen molar-refractivity contribution in [3.05, 3.63) is 34.4 Å². The number of nitrogens with zero attached hydrogens (tertiary/aromatic N) is 3. The lowest BCUT2D eigenvalue weighted by molar-refractivity contribution is -0.384. The highest BCUT2D eigenvalue weighted by molar-refractivity contribution is 7.89. The Bertz CT molecular complexity index is 711. The van der Waals surface area contributed by atoms with E-state index in [1.807, 2.05) is 0 Å². The number of hydrogen-bond acceptors (Lipinski definition) is 5. The van der Waals surface area contributed by atoms with E-state index in [4.69, 9.17) is 0 Å². The van der Waals surface area contributed by atoms with E-state index in [2.05, 4.69) is 0 Å². The van der Waals surface area contributed by atoms with Gasteiger partial charge in [0.15, 0.2) is 0 Å². The average Bonchev–Trinajstić information content (AvgIpc) is 3.09. The first kappa shape index (κ1) is 18.3. The number of hydrogen-bond donors (Lipinski definition) is 0. The molecule has 0 N–H and O–H groups in total. The number of likely N-dealkylation sites (N-methyl/N-ethyl adjacent to an activating group) is 1. The van der Waals surface area contributed by atoms with Gasteiger partial charge in [-0.3, -0.25) is 14.9 Å². The quantitative estimate of drug-likeness (QED) is 0.570. The average molecular weight is 355 g/mol. The zero-order valence-electron chi connectivity index (χ0n) is 13.7. The summed E-state index contributed by atoms with van der Waals surface area (Å²) in [6.45, 7) is 3.07. The van der Waals surface area contributed by atoms with Gasteiger partial charge < -0.3 is 4.90 Å². The summed E-state index contributed by atoms with van der Waals surface area (Å²) < 4.78 is 26.5. The van der Waals surface area contributed by atoms with Crippen LogP contribution in [0.2, 0.25) is 0 Å². The number of sulfonamides is 1. The third-order valence-corrected chi connectivity index (χ3v) is 6.13. The fourth-order valence-electron chi connectivity index (χ4n) is 2.81. The highest BCUT2D eigenvalue weighted by Crippen LogP contribution is 2.22. The molecule has 1 aliphatic heterocycles. The summed E-state index contributed by atoms with van der Waals surface area (Å²) in [6.07, 6.45) is 2.22. The molecule has 2 rings (SSSR count). The molecule has 0 saturated carbocycles. The third kappa shape index (κ3) is 3.57. The third-order valence-electron chi connectivity index (χ3n) is 4.25. The minimum atomic E-state index is -3.90. The molecular weight excluding hydrogens is 334 g/mol. The molecule has 0 aliphatic carbocycles. The number of rotatable bonds is 6. The van der Waals surface area contributed by atoms with Crippen LogP contribution in [0.15, 0.2) is 29.2 Å². The zero-order valence-corrected chi connectivity index (χ0v) is 14.5. The number of carbonyl (C=O) groups is 1. The highest BCUT2D eigenvalue weighted by atomic mass is 32.2. The second-order valence-corrected chi connectivity index (χ2v) is 7.73. The molecule has 0 radical (unpaired) electrons. The van der Waals surface area contributed by atoms with Gasteiger partial charge in [0.25, 0.3) is 5.69 Å². The maximum atomic E-state index is 12.7. The van der Waals surface area contributed by atoms with Crippen LogP contribution in [-0.2, 0) is 14.8 Å². The fourth-order valence-corrected chi connectivity index (χ4v) is 4.20. The van der Waals surface area contributed by atoms with Gasteiger partial charge in [-0.1, -0.05) is 6.92 Å². The predicted octanol–water partition coefficient (Wildman–Crippen LogP) is 1.62. The number of carbonyl (C=O) groups excluding carboxylic acids is 1. The van der Waals surface area contributed by atoms with Crippen LogP contribution >= 0.6 is 0 Å². The molecule has 1 aliphatic rings. The first-order chi connectivity index (χ1) is 11.3. The van der Waals surface area contributed by atoms with Crippen LogP contribution < -0.4 is 0 Å². The van der Waals surface area contributed by atoms with Crippen molar-refractivity contribution in [2.24, 2.45) is 0 Å². The van der Waals surface area contributed by atoms with Crippen LogP contribution in [0.4, 0.5) is 5.69 Å². The van der Waals surface area contributed by atoms with E-state index in [9.17, 15) is 23.3 Å². The summed E-state index contributed by atoms with van der Waals surface area (Å²) in [5.74, 6) is -0.192. The summed E-state index contributed by atoms with van der Waals surface area (Å²) in [6, 6.07) is 3.89. The van der Waals surface area contributed by atoms with Gasteiger partial charge >= 0.3 is 0 Å². The molecule has 1 amide bonds. The normalized spacial score (nSPS) is 16.4. The second-order valence-electron chi connectivity index (χ2n) is 5.73. The Kier molecular flexibility index (Phi) is 5.55. The molecular formula is C15H21N3O5S. The van der Waals surface area contributed by atoms with Gasteiger partial charge in [-0.15, -0.1) is 0 Å². The minimum Gasteiger partial charge on any atom is -0.341 e. The van der Waals surface area contributed by atoms with E-state index in [0.29, 0.717) is 19.5 Å². The summed E-state index contributed by atoms with van der Waals surface area (Å²) in [7, 11) is -2.53. The molecule has 0 bridgehead atoms. The number of benzene rings is 1. The lowest BCUT2D eigenvalue weighted by Gasteiger charge is -2.29. The molecule has 1 unspecified atom stereocenters. The Morgan fingerprint density at radius 2 is 1.83 bits per heavy atom. The van der Waals surface area contributed by atoms with Gasteiger partial charge in [0.05, 0.1) is 9.82 Å². The van der Waals surface area contributed by atoms with E-state index in [0.717, 1.165) is 29.3 Å². The summed E-state index contributed by atoms with van der Waals surface area (Å²) in [4.78, 5) is 24.3. The van der Waals surface area contributed by atoms with Crippen molar-refractivity contribution >= 4 is 21.6 Å². The van der Waals surface area contributed by atoms with Crippen molar-refractivity contribution < 1.29 is 18.1 Å². The zero-order chi connectivity index (χ0) is 17.9. The molecule has 8 nitrogen and oxygen atoms in total. The van der Waals surface area contributed by atoms with E-state index in [1.54, 1.807) is 11.8 Å². The molecule has 1 fully saturated rings. The Hall–Kier alpha value is -2.00. The molecule has 1 atom stereocenters. The van der Waals surface area contributed by atoms with Crippen molar-refractivity contribution in [3.8, 4) is 0 Å². The Morgan fingerprint density at radius 1 is 1.29 bits per heavy atom. The van der Waals surface area contributed by atoms with Crippen LogP contribution in [0, 0.1) is 10.1 Å². The van der Waals surface area contributed by atoms with Crippen LogP contribution in [0.25, 0.3) is 0 Å². The van der Waals surface area contributed by atoms with Crippen LogP contribution in [0.1, 0.15) is 26.2 Å². The van der Waals surface area contributed by atoms with Crippen LogP contribution in [-0.4, -0.2) is 54.6 Å². The molecule has 24 heavy (non-hydrogen) atoms. The molecule has 1 saturated heterocycles. The monoisotopic (exact) mass is 355 g/mol. The van der Waals surface area contributed by atoms with Crippen molar-refractivity contribution in [2.45, 2.75) is 37.1 Å². The van der Waals surface area contributed by atoms with Crippen molar-refractivity contribution in [1.29, 1.82) is 0 Å². The lowest BCUT2D eigenvalue weighted by Crippen LogP contribution is -2.48. The molecule has 1 aromatic carbocycles. The largest absolute Gasteiger partial charge is 0.341 e. The molecule has 0 spiro atoms. The molecule has 9 heteroatoms. The first-order valence-electron chi connectivity index (χ1n) is 7.80. The number of likely N-dealkylation sites (tertiary alicyclic amines) is 1.